The van der Waals surface area contributed by atoms with Crippen molar-refractivity contribution in [3.8, 4) is 5.75 Å². The third-order valence-electron chi connectivity index (χ3n) is 3.48. The zero-order chi connectivity index (χ0) is 13.9. The maximum atomic E-state index is 6.05. The molecule has 1 saturated carbocycles. The Balaban J connectivity index is 1.69. The van der Waals surface area contributed by atoms with E-state index < -0.39 is 0 Å². The number of hydrogen-bond acceptors (Lipinski definition) is 4. The molecule has 20 heavy (non-hydrogen) atoms. The lowest BCUT2D eigenvalue weighted by atomic mass is 10.1. The fourth-order valence-electron chi connectivity index (χ4n) is 2.22. The Morgan fingerprint density at radius 1 is 1.35 bits per heavy atom. The molecule has 1 N–H and O–H groups in total. The summed E-state index contributed by atoms with van der Waals surface area (Å²) in [6.45, 7) is 5.62. The van der Waals surface area contributed by atoms with E-state index >= 15 is 0 Å². The van der Waals surface area contributed by atoms with Crippen LogP contribution in [-0.2, 0) is 13.2 Å². The number of rotatable bonds is 6. The molecule has 1 heterocycles. The summed E-state index contributed by atoms with van der Waals surface area (Å²) in [5.74, 6) is 1.02. The van der Waals surface area contributed by atoms with Gasteiger partial charge in [-0.15, -0.1) is 11.3 Å². The van der Waals surface area contributed by atoms with Gasteiger partial charge in [0.25, 0.3) is 0 Å². The van der Waals surface area contributed by atoms with Gasteiger partial charge in [-0.2, -0.15) is 0 Å². The Morgan fingerprint density at radius 2 is 2.20 bits per heavy atom. The number of ether oxygens (including phenoxy) is 1. The zero-order valence-corrected chi connectivity index (χ0v) is 12.8. The van der Waals surface area contributed by atoms with E-state index in [1.165, 1.54) is 28.8 Å². The SMILES string of the molecule is Cc1ncc(COc2c(C)cccc2CNC2CC2)s1. The second-order valence-electron chi connectivity index (χ2n) is 5.35. The Bertz CT molecular complexity index is 590. The first-order valence-electron chi connectivity index (χ1n) is 7.08. The van der Waals surface area contributed by atoms with Gasteiger partial charge in [-0.1, -0.05) is 18.2 Å². The van der Waals surface area contributed by atoms with Crippen molar-refractivity contribution < 1.29 is 4.74 Å². The number of nitrogens with one attached hydrogen (secondary N) is 1. The molecular formula is C16H20N2OS. The monoisotopic (exact) mass is 288 g/mol. The molecule has 0 unspecified atom stereocenters. The van der Waals surface area contributed by atoms with Crippen LogP contribution in [0.4, 0.5) is 0 Å². The van der Waals surface area contributed by atoms with Gasteiger partial charge in [0.2, 0.25) is 0 Å². The molecule has 2 aromatic rings. The van der Waals surface area contributed by atoms with Crippen LogP contribution in [0.3, 0.4) is 0 Å². The van der Waals surface area contributed by atoms with Crippen LogP contribution in [0.25, 0.3) is 0 Å². The molecular weight excluding hydrogens is 268 g/mol. The third-order valence-corrected chi connectivity index (χ3v) is 4.37. The standard InChI is InChI=1S/C16H20N2OS/c1-11-4-3-5-13(8-18-14-6-7-14)16(11)19-10-15-9-17-12(2)20-15/h3-5,9,14,18H,6-8,10H2,1-2H3. The van der Waals surface area contributed by atoms with Gasteiger partial charge in [0.05, 0.1) is 9.88 Å². The van der Waals surface area contributed by atoms with Crippen molar-refractivity contribution >= 4 is 11.3 Å². The minimum absolute atomic E-state index is 0.604. The van der Waals surface area contributed by atoms with E-state index in [-0.39, 0.29) is 0 Å². The first kappa shape index (κ1) is 13.6. The van der Waals surface area contributed by atoms with Gasteiger partial charge in [0.15, 0.2) is 0 Å². The summed E-state index contributed by atoms with van der Waals surface area (Å²) in [6.07, 6.45) is 4.52. The van der Waals surface area contributed by atoms with Crippen LogP contribution in [0.1, 0.15) is 33.9 Å². The van der Waals surface area contributed by atoms with Crippen LogP contribution in [-0.4, -0.2) is 11.0 Å². The summed E-state index contributed by atoms with van der Waals surface area (Å²) >= 11 is 1.70. The van der Waals surface area contributed by atoms with E-state index in [0.717, 1.165) is 17.3 Å². The molecule has 3 rings (SSSR count). The molecule has 4 heteroatoms. The molecule has 0 saturated heterocycles. The highest BCUT2D eigenvalue weighted by atomic mass is 32.1. The lowest BCUT2D eigenvalue weighted by Crippen LogP contribution is -2.16. The average Bonchev–Trinajstić information content (AvgIpc) is 3.17. The second-order valence-corrected chi connectivity index (χ2v) is 6.67. The van der Waals surface area contributed by atoms with Crippen molar-refractivity contribution in [1.29, 1.82) is 0 Å². The maximum absolute atomic E-state index is 6.05. The van der Waals surface area contributed by atoms with Gasteiger partial charge in [-0.3, -0.25) is 0 Å². The molecule has 0 aliphatic heterocycles. The van der Waals surface area contributed by atoms with Gasteiger partial charge in [-0.05, 0) is 32.3 Å². The number of benzene rings is 1. The maximum Gasteiger partial charge on any atom is 0.127 e. The summed E-state index contributed by atoms with van der Waals surface area (Å²) in [5, 5.41) is 4.64. The number of thiazole rings is 1. The Labute approximate surface area is 124 Å². The highest BCUT2D eigenvalue weighted by molar-refractivity contribution is 7.11. The molecule has 1 aliphatic rings. The van der Waals surface area contributed by atoms with Crippen molar-refractivity contribution in [3.63, 3.8) is 0 Å². The van der Waals surface area contributed by atoms with Crippen LogP contribution in [0.5, 0.6) is 5.75 Å². The van der Waals surface area contributed by atoms with Crippen LogP contribution >= 0.6 is 11.3 Å². The van der Waals surface area contributed by atoms with E-state index in [0.29, 0.717) is 12.6 Å². The number of nitrogens with zero attached hydrogens (tertiary/aromatic N) is 1. The molecule has 1 aromatic carbocycles. The number of hydrogen-bond donors (Lipinski definition) is 1. The van der Waals surface area contributed by atoms with E-state index in [4.69, 9.17) is 4.74 Å². The molecule has 0 radical (unpaired) electrons. The zero-order valence-electron chi connectivity index (χ0n) is 12.0. The molecule has 0 amide bonds. The first-order chi connectivity index (χ1) is 9.72. The topological polar surface area (TPSA) is 34.1 Å². The molecule has 0 atom stereocenters. The van der Waals surface area contributed by atoms with Crippen LogP contribution < -0.4 is 10.1 Å². The molecule has 106 valence electrons. The van der Waals surface area contributed by atoms with Gasteiger partial charge < -0.3 is 10.1 Å². The van der Waals surface area contributed by atoms with Crippen molar-refractivity contribution in [2.45, 2.75) is 45.9 Å². The van der Waals surface area contributed by atoms with Gasteiger partial charge in [-0.25, -0.2) is 4.98 Å². The lowest BCUT2D eigenvalue weighted by Gasteiger charge is -2.14. The minimum atomic E-state index is 0.604. The quantitative estimate of drug-likeness (QED) is 0.882. The summed E-state index contributed by atoms with van der Waals surface area (Å²) < 4.78 is 6.05. The molecule has 3 nitrogen and oxygen atoms in total. The Morgan fingerprint density at radius 3 is 2.90 bits per heavy atom. The lowest BCUT2D eigenvalue weighted by molar-refractivity contribution is 0.303. The average molecular weight is 288 g/mol. The molecule has 1 fully saturated rings. The van der Waals surface area contributed by atoms with Gasteiger partial charge in [0, 0.05) is 24.3 Å². The number of para-hydroxylation sites is 1. The molecule has 0 bridgehead atoms. The highest BCUT2D eigenvalue weighted by Crippen LogP contribution is 2.27. The van der Waals surface area contributed by atoms with Crippen molar-refractivity contribution in [2.24, 2.45) is 0 Å². The van der Waals surface area contributed by atoms with Crippen molar-refractivity contribution in [3.05, 3.63) is 45.4 Å². The second kappa shape index (κ2) is 5.94. The summed E-state index contributed by atoms with van der Waals surface area (Å²) in [7, 11) is 0. The van der Waals surface area contributed by atoms with E-state index in [9.17, 15) is 0 Å². The fourth-order valence-corrected chi connectivity index (χ4v) is 2.92. The molecule has 0 spiro atoms. The van der Waals surface area contributed by atoms with Gasteiger partial charge in [0.1, 0.15) is 12.4 Å². The predicted octanol–water partition coefficient (Wildman–Crippen LogP) is 3.59. The van der Waals surface area contributed by atoms with Crippen LogP contribution in [0.15, 0.2) is 24.4 Å². The largest absolute Gasteiger partial charge is 0.487 e. The minimum Gasteiger partial charge on any atom is -0.487 e. The van der Waals surface area contributed by atoms with Crippen LogP contribution in [0, 0.1) is 13.8 Å². The Hall–Kier alpha value is -1.39. The summed E-state index contributed by atoms with van der Waals surface area (Å²) in [5.41, 5.74) is 2.44. The van der Waals surface area contributed by atoms with Crippen molar-refractivity contribution in [2.75, 3.05) is 0 Å². The van der Waals surface area contributed by atoms with E-state index in [1.54, 1.807) is 11.3 Å². The fraction of sp³-hybridized carbons (Fsp3) is 0.438. The smallest absolute Gasteiger partial charge is 0.127 e. The van der Waals surface area contributed by atoms with Gasteiger partial charge >= 0.3 is 0 Å². The molecule has 1 aromatic heterocycles. The number of aromatic nitrogens is 1. The highest BCUT2D eigenvalue weighted by Gasteiger charge is 2.20. The predicted molar refractivity (Wildman–Crippen MR) is 82.2 cm³/mol. The normalized spacial score (nSPS) is 14.5. The van der Waals surface area contributed by atoms with Crippen LogP contribution in [0.2, 0.25) is 0 Å². The van der Waals surface area contributed by atoms with E-state index in [1.807, 2.05) is 13.1 Å². The van der Waals surface area contributed by atoms with Crippen molar-refractivity contribution in [1.82, 2.24) is 10.3 Å². The number of aryl methyl sites for hydroxylation is 2. The summed E-state index contributed by atoms with van der Waals surface area (Å²) in [4.78, 5) is 5.44. The van der Waals surface area contributed by atoms with E-state index in [2.05, 4.69) is 35.4 Å². The molecule has 1 aliphatic carbocycles. The Kier molecular flexibility index (Phi) is 4.03. The summed E-state index contributed by atoms with van der Waals surface area (Å²) in [6, 6.07) is 7.07. The third kappa shape index (κ3) is 3.38. The first-order valence-corrected chi connectivity index (χ1v) is 7.90.